The van der Waals surface area contributed by atoms with Crippen molar-refractivity contribution in [3.63, 3.8) is 0 Å². The molecule has 1 saturated carbocycles. The van der Waals surface area contributed by atoms with Crippen molar-refractivity contribution in [2.75, 3.05) is 12.4 Å². The van der Waals surface area contributed by atoms with E-state index in [-0.39, 0.29) is 12.1 Å². The lowest BCUT2D eigenvalue weighted by atomic mass is 9.92. The zero-order chi connectivity index (χ0) is 13.0. The standard InChI is InChI=1S/C14H20N2O2/c1-16(12-9-5-6-10-13(12)17)14(18)15-11-7-3-2-4-8-11/h2-4,7-8,12-13,17H,5-6,9-10H2,1H3,(H,15,18)/t12-,13+/m1/s1. The van der Waals surface area contributed by atoms with E-state index in [1.807, 2.05) is 30.3 Å². The van der Waals surface area contributed by atoms with Gasteiger partial charge in [0.1, 0.15) is 0 Å². The highest BCUT2D eigenvalue weighted by molar-refractivity contribution is 5.89. The summed E-state index contributed by atoms with van der Waals surface area (Å²) in [7, 11) is 1.75. The van der Waals surface area contributed by atoms with Gasteiger partial charge in [0.25, 0.3) is 0 Å². The number of aliphatic hydroxyl groups is 1. The van der Waals surface area contributed by atoms with Crippen molar-refractivity contribution >= 4 is 11.7 Å². The molecule has 1 fully saturated rings. The van der Waals surface area contributed by atoms with Crippen LogP contribution in [0.15, 0.2) is 30.3 Å². The number of aliphatic hydroxyl groups excluding tert-OH is 1. The Kier molecular flexibility index (Phi) is 4.20. The molecule has 2 amide bonds. The van der Waals surface area contributed by atoms with Crippen LogP contribution < -0.4 is 5.32 Å². The largest absolute Gasteiger partial charge is 0.391 e. The van der Waals surface area contributed by atoms with Crippen molar-refractivity contribution in [2.24, 2.45) is 0 Å². The van der Waals surface area contributed by atoms with Crippen molar-refractivity contribution in [2.45, 2.75) is 37.8 Å². The van der Waals surface area contributed by atoms with E-state index in [1.165, 1.54) is 0 Å². The van der Waals surface area contributed by atoms with Crippen LogP contribution in [0.1, 0.15) is 25.7 Å². The molecule has 0 unspecified atom stereocenters. The summed E-state index contributed by atoms with van der Waals surface area (Å²) in [5, 5.41) is 12.8. The third-order valence-corrected chi connectivity index (χ3v) is 3.54. The Morgan fingerprint density at radius 1 is 1.28 bits per heavy atom. The highest BCUT2D eigenvalue weighted by Gasteiger charge is 2.29. The summed E-state index contributed by atoms with van der Waals surface area (Å²) in [5.41, 5.74) is 0.777. The van der Waals surface area contributed by atoms with Crippen LogP contribution >= 0.6 is 0 Å². The molecule has 0 bridgehead atoms. The molecule has 1 aromatic rings. The summed E-state index contributed by atoms with van der Waals surface area (Å²) in [4.78, 5) is 13.7. The number of likely N-dealkylation sites (N-methyl/N-ethyl adjacent to an activating group) is 1. The summed E-state index contributed by atoms with van der Waals surface area (Å²) in [6.45, 7) is 0. The van der Waals surface area contributed by atoms with E-state index in [9.17, 15) is 9.90 Å². The van der Waals surface area contributed by atoms with Crippen molar-refractivity contribution in [1.29, 1.82) is 0 Å². The number of carbonyl (C=O) groups is 1. The maximum absolute atomic E-state index is 12.1. The first-order valence-corrected chi connectivity index (χ1v) is 6.45. The average molecular weight is 248 g/mol. The lowest BCUT2D eigenvalue weighted by Crippen LogP contribution is -2.47. The number of anilines is 1. The van der Waals surface area contributed by atoms with Gasteiger partial charge in [0.2, 0.25) is 0 Å². The molecule has 2 atom stereocenters. The fourth-order valence-electron chi connectivity index (χ4n) is 2.43. The fraction of sp³-hybridized carbons (Fsp3) is 0.500. The minimum absolute atomic E-state index is 0.0672. The van der Waals surface area contributed by atoms with Crippen LogP contribution in [0.3, 0.4) is 0 Å². The van der Waals surface area contributed by atoms with Gasteiger partial charge < -0.3 is 15.3 Å². The Balaban J connectivity index is 1.96. The first kappa shape index (κ1) is 12.9. The zero-order valence-electron chi connectivity index (χ0n) is 10.7. The lowest BCUT2D eigenvalue weighted by Gasteiger charge is -2.35. The monoisotopic (exact) mass is 248 g/mol. The van der Waals surface area contributed by atoms with Crippen LogP contribution in [0, 0.1) is 0 Å². The number of para-hydroxylation sites is 1. The quantitative estimate of drug-likeness (QED) is 0.844. The molecular formula is C14H20N2O2. The number of amides is 2. The molecule has 1 aliphatic carbocycles. The van der Waals surface area contributed by atoms with Gasteiger partial charge in [-0.25, -0.2) is 4.79 Å². The number of nitrogens with zero attached hydrogens (tertiary/aromatic N) is 1. The number of urea groups is 1. The number of hydrogen-bond donors (Lipinski definition) is 2. The van der Waals surface area contributed by atoms with Crippen LogP contribution in [0.4, 0.5) is 10.5 Å². The molecule has 1 aromatic carbocycles. The van der Waals surface area contributed by atoms with Crippen LogP contribution in [-0.2, 0) is 0 Å². The first-order chi connectivity index (χ1) is 8.68. The van der Waals surface area contributed by atoms with Crippen molar-refractivity contribution in [3.05, 3.63) is 30.3 Å². The van der Waals surface area contributed by atoms with Crippen LogP contribution in [0.2, 0.25) is 0 Å². The topological polar surface area (TPSA) is 52.6 Å². The van der Waals surface area contributed by atoms with E-state index in [1.54, 1.807) is 11.9 Å². The molecule has 0 aliphatic heterocycles. The molecule has 1 aliphatic rings. The highest BCUT2D eigenvalue weighted by Crippen LogP contribution is 2.22. The molecule has 0 radical (unpaired) electrons. The van der Waals surface area contributed by atoms with Gasteiger partial charge in [0, 0.05) is 12.7 Å². The van der Waals surface area contributed by atoms with Gasteiger partial charge in [-0.2, -0.15) is 0 Å². The third kappa shape index (κ3) is 3.01. The van der Waals surface area contributed by atoms with Crippen LogP contribution in [-0.4, -0.2) is 35.2 Å². The number of nitrogens with one attached hydrogen (secondary N) is 1. The lowest BCUT2D eigenvalue weighted by molar-refractivity contribution is 0.0494. The highest BCUT2D eigenvalue weighted by atomic mass is 16.3. The molecule has 0 spiro atoms. The van der Waals surface area contributed by atoms with Crippen molar-refractivity contribution in [1.82, 2.24) is 4.90 Å². The number of rotatable bonds is 2. The minimum atomic E-state index is -0.398. The summed E-state index contributed by atoms with van der Waals surface area (Å²) < 4.78 is 0. The molecule has 0 heterocycles. The third-order valence-electron chi connectivity index (χ3n) is 3.54. The van der Waals surface area contributed by atoms with Crippen molar-refractivity contribution in [3.8, 4) is 0 Å². The second-order valence-corrected chi connectivity index (χ2v) is 4.83. The van der Waals surface area contributed by atoms with E-state index in [0.29, 0.717) is 0 Å². The maximum Gasteiger partial charge on any atom is 0.321 e. The second-order valence-electron chi connectivity index (χ2n) is 4.83. The minimum Gasteiger partial charge on any atom is -0.391 e. The van der Waals surface area contributed by atoms with E-state index in [0.717, 1.165) is 31.4 Å². The Labute approximate surface area is 108 Å². The van der Waals surface area contributed by atoms with E-state index >= 15 is 0 Å². The van der Waals surface area contributed by atoms with Crippen LogP contribution in [0.25, 0.3) is 0 Å². The SMILES string of the molecule is CN(C(=O)Nc1ccccc1)[C@@H]1CCCC[C@@H]1O. The first-order valence-electron chi connectivity index (χ1n) is 6.45. The Bertz CT molecular complexity index is 394. The molecule has 2 N–H and O–H groups in total. The fourth-order valence-corrected chi connectivity index (χ4v) is 2.43. The Morgan fingerprint density at radius 2 is 1.94 bits per heavy atom. The van der Waals surface area contributed by atoms with Gasteiger partial charge in [-0.1, -0.05) is 31.0 Å². The summed E-state index contributed by atoms with van der Waals surface area (Å²) in [6.07, 6.45) is 3.38. The summed E-state index contributed by atoms with van der Waals surface area (Å²) in [6, 6.07) is 9.14. The van der Waals surface area contributed by atoms with Gasteiger partial charge in [0.15, 0.2) is 0 Å². The predicted octanol–water partition coefficient (Wildman–Crippen LogP) is 2.45. The second kappa shape index (κ2) is 5.87. The number of carbonyl (C=O) groups excluding carboxylic acids is 1. The average Bonchev–Trinajstić information content (AvgIpc) is 2.39. The molecule has 4 nitrogen and oxygen atoms in total. The summed E-state index contributed by atoms with van der Waals surface area (Å²) >= 11 is 0. The molecule has 0 aromatic heterocycles. The number of benzene rings is 1. The van der Waals surface area contributed by atoms with E-state index in [4.69, 9.17) is 0 Å². The molecule has 0 saturated heterocycles. The predicted molar refractivity (Wildman–Crippen MR) is 71.5 cm³/mol. The molecule has 2 rings (SSSR count). The molecular weight excluding hydrogens is 228 g/mol. The van der Waals surface area contributed by atoms with Crippen molar-refractivity contribution < 1.29 is 9.90 Å². The number of hydrogen-bond acceptors (Lipinski definition) is 2. The zero-order valence-corrected chi connectivity index (χ0v) is 10.7. The Morgan fingerprint density at radius 3 is 2.61 bits per heavy atom. The normalized spacial score (nSPS) is 23.4. The summed E-state index contributed by atoms with van der Waals surface area (Å²) in [5.74, 6) is 0. The van der Waals surface area contributed by atoms with Gasteiger partial charge >= 0.3 is 6.03 Å². The van der Waals surface area contributed by atoms with E-state index in [2.05, 4.69) is 5.32 Å². The molecule has 18 heavy (non-hydrogen) atoms. The van der Waals surface area contributed by atoms with Crippen LogP contribution in [0.5, 0.6) is 0 Å². The van der Waals surface area contributed by atoms with Gasteiger partial charge in [-0.3, -0.25) is 0 Å². The molecule has 4 heteroatoms. The van der Waals surface area contributed by atoms with Gasteiger partial charge in [-0.15, -0.1) is 0 Å². The Hall–Kier alpha value is -1.55. The maximum atomic E-state index is 12.1. The smallest absolute Gasteiger partial charge is 0.321 e. The molecule has 98 valence electrons. The van der Waals surface area contributed by atoms with E-state index < -0.39 is 6.10 Å². The van der Waals surface area contributed by atoms with Gasteiger partial charge in [0.05, 0.1) is 12.1 Å². The van der Waals surface area contributed by atoms with Gasteiger partial charge in [-0.05, 0) is 25.0 Å².